The predicted molar refractivity (Wildman–Crippen MR) is 107 cm³/mol. The Morgan fingerprint density at radius 1 is 1.04 bits per heavy atom. The van der Waals surface area contributed by atoms with Crippen molar-refractivity contribution in [3.8, 4) is 0 Å². The van der Waals surface area contributed by atoms with Crippen molar-refractivity contribution in [2.45, 2.75) is 6.42 Å². The van der Waals surface area contributed by atoms with Crippen molar-refractivity contribution in [3.63, 3.8) is 0 Å². The Labute approximate surface area is 155 Å². The van der Waals surface area contributed by atoms with Gasteiger partial charge in [-0.2, -0.15) is 4.99 Å². The monoisotopic (exact) mass is 363 g/mol. The molecule has 1 nitrogen and oxygen atoms in total. The highest BCUT2D eigenvalue weighted by Gasteiger charge is 2.09. The minimum Gasteiger partial charge on any atom is -0.204 e. The van der Waals surface area contributed by atoms with Crippen LogP contribution in [-0.2, 0) is 0 Å². The summed E-state index contributed by atoms with van der Waals surface area (Å²) in [5.74, 6) is -1.53. The van der Waals surface area contributed by atoms with Gasteiger partial charge < -0.3 is 0 Å². The molecule has 26 heavy (non-hydrogen) atoms. The normalized spacial score (nSPS) is 13.6. The maximum atomic E-state index is 13.8. The van der Waals surface area contributed by atoms with E-state index in [9.17, 15) is 8.78 Å². The number of isothiocyanates is 1. The first kappa shape index (κ1) is 17.9. The summed E-state index contributed by atoms with van der Waals surface area (Å²) in [6, 6.07) is 10.5. The van der Waals surface area contributed by atoms with E-state index in [-0.39, 0.29) is 0 Å². The lowest BCUT2D eigenvalue weighted by atomic mass is 9.99. The molecule has 128 valence electrons. The number of nitrogens with zero attached hydrogens (tertiary/aromatic N) is 1. The summed E-state index contributed by atoms with van der Waals surface area (Å²) >= 11 is 4.39. The molecular formula is C22H15F2NS. The number of rotatable bonds is 3. The van der Waals surface area contributed by atoms with Crippen LogP contribution in [0.15, 0.2) is 71.3 Å². The predicted octanol–water partition coefficient (Wildman–Crippen LogP) is 4.86. The van der Waals surface area contributed by atoms with Gasteiger partial charge in [0.15, 0.2) is 11.6 Å². The van der Waals surface area contributed by atoms with Crippen LogP contribution in [0.1, 0.15) is 12.0 Å². The molecule has 0 radical (unpaired) electrons. The standard InChI is InChI=1S/C22H15F2NS/c1-15-2-8-18(9-3-15)19-10-6-16(7-11-19)4-5-17-12-20(23)22(25-14-26)21(24)13-17/h2-10,12-13H,1,11H2/b5-4-. The van der Waals surface area contributed by atoms with Crippen LogP contribution in [-0.4, -0.2) is 5.16 Å². The fraction of sp³-hybridized carbons (Fsp3) is 0.0455. The highest BCUT2D eigenvalue weighted by molar-refractivity contribution is 7.78. The second kappa shape index (κ2) is 7.96. The fourth-order valence-electron chi connectivity index (χ4n) is 2.64. The first-order chi connectivity index (χ1) is 12.6. The van der Waals surface area contributed by atoms with Gasteiger partial charge in [0.25, 0.3) is 0 Å². The van der Waals surface area contributed by atoms with E-state index in [1.807, 2.05) is 41.6 Å². The van der Waals surface area contributed by atoms with E-state index in [0.717, 1.165) is 22.4 Å². The first-order valence-electron chi connectivity index (χ1n) is 7.98. The van der Waals surface area contributed by atoms with E-state index in [2.05, 4.69) is 35.9 Å². The number of halogens is 2. The van der Waals surface area contributed by atoms with Crippen molar-refractivity contribution < 1.29 is 8.78 Å². The molecule has 0 heterocycles. The van der Waals surface area contributed by atoms with Gasteiger partial charge in [-0.1, -0.05) is 61.2 Å². The number of benzene rings is 2. The van der Waals surface area contributed by atoms with E-state index in [0.29, 0.717) is 5.56 Å². The van der Waals surface area contributed by atoms with Gasteiger partial charge in [0.05, 0.1) is 5.16 Å². The zero-order valence-electron chi connectivity index (χ0n) is 13.9. The van der Waals surface area contributed by atoms with Crippen LogP contribution in [0.25, 0.3) is 18.2 Å². The molecular weight excluding hydrogens is 348 g/mol. The third-order valence-corrected chi connectivity index (χ3v) is 4.12. The summed E-state index contributed by atoms with van der Waals surface area (Å²) in [4.78, 5) is 3.40. The molecule has 0 amide bonds. The minimum absolute atomic E-state index is 0.415. The van der Waals surface area contributed by atoms with Crippen molar-refractivity contribution in [2.24, 2.45) is 4.99 Å². The van der Waals surface area contributed by atoms with Gasteiger partial charge in [0.2, 0.25) is 0 Å². The second-order valence-corrected chi connectivity index (χ2v) is 6.02. The lowest BCUT2D eigenvalue weighted by Crippen LogP contribution is -2.09. The van der Waals surface area contributed by atoms with E-state index < -0.39 is 17.3 Å². The Kier molecular flexibility index (Phi) is 5.47. The summed E-state index contributed by atoms with van der Waals surface area (Å²) in [6.07, 6.45) is 10.4. The third kappa shape index (κ3) is 4.17. The van der Waals surface area contributed by atoms with E-state index >= 15 is 0 Å². The maximum Gasteiger partial charge on any atom is 0.153 e. The van der Waals surface area contributed by atoms with Crippen molar-refractivity contribution in [1.82, 2.24) is 0 Å². The lowest BCUT2D eigenvalue weighted by Gasteiger charge is -2.07. The van der Waals surface area contributed by atoms with E-state index in [1.165, 1.54) is 17.7 Å². The Morgan fingerprint density at radius 2 is 1.73 bits per heavy atom. The van der Waals surface area contributed by atoms with Gasteiger partial charge in [-0.05, 0) is 57.9 Å². The molecule has 0 aromatic heterocycles. The molecule has 4 heteroatoms. The molecule has 3 rings (SSSR count). The van der Waals surface area contributed by atoms with Gasteiger partial charge in [-0.3, -0.25) is 0 Å². The Bertz CT molecular complexity index is 1060. The number of aliphatic imine (C=N–C) groups is 1. The zero-order chi connectivity index (χ0) is 18.5. The highest BCUT2D eigenvalue weighted by Crippen LogP contribution is 2.24. The molecule has 0 unspecified atom stereocenters. The minimum atomic E-state index is -0.764. The topological polar surface area (TPSA) is 12.4 Å². The summed E-state index contributed by atoms with van der Waals surface area (Å²) in [6.45, 7) is 3.88. The molecule has 0 N–H and O–H groups in total. The van der Waals surface area contributed by atoms with Crippen LogP contribution in [0.4, 0.5) is 14.5 Å². The lowest BCUT2D eigenvalue weighted by molar-refractivity contribution is 0.587. The largest absolute Gasteiger partial charge is 0.204 e. The smallest absolute Gasteiger partial charge is 0.153 e. The third-order valence-electron chi connectivity index (χ3n) is 4.02. The van der Waals surface area contributed by atoms with Crippen LogP contribution < -0.4 is 10.4 Å². The first-order valence-corrected chi connectivity index (χ1v) is 8.39. The molecule has 0 aliphatic heterocycles. The van der Waals surface area contributed by atoms with Crippen LogP contribution in [0.3, 0.4) is 0 Å². The average Bonchev–Trinajstić information content (AvgIpc) is 2.64. The maximum absolute atomic E-state index is 13.8. The van der Waals surface area contributed by atoms with Crippen molar-refractivity contribution in [3.05, 3.63) is 93.9 Å². The average molecular weight is 363 g/mol. The van der Waals surface area contributed by atoms with Crippen LogP contribution in [0, 0.1) is 11.6 Å². The molecule has 0 fully saturated rings. The summed E-state index contributed by atoms with van der Waals surface area (Å²) in [7, 11) is 0. The molecule has 1 aliphatic rings. The number of allylic oxidation sites excluding steroid dienone is 5. The van der Waals surface area contributed by atoms with Crippen LogP contribution in [0.2, 0.25) is 0 Å². The van der Waals surface area contributed by atoms with Gasteiger partial charge in [0, 0.05) is 0 Å². The number of hydrogen-bond acceptors (Lipinski definition) is 2. The zero-order valence-corrected chi connectivity index (χ0v) is 14.7. The molecule has 1 aliphatic carbocycles. The Hall–Kier alpha value is -2.94. The summed E-state index contributed by atoms with van der Waals surface area (Å²) in [5.41, 5.74) is 2.19. The quantitative estimate of drug-likeness (QED) is 0.560. The number of hydrogen-bond donors (Lipinski definition) is 0. The molecule has 0 bridgehead atoms. The van der Waals surface area contributed by atoms with Crippen molar-refractivity contribution in [2.75, 3.05) is 0 Å². The van der Waals surface area contributed by atoms with Gasteiger partial charge >= 0.3 is 0 Å². The van der Waals surface area contributed by atoms with Gasteiger partial charge in [0.1, 0.15) is 5.69 Å². The van der Waals surface area contributed by atoms with Crippen molar-refractivity contribution >= 4 is 41.3 Å². The van der Waals surface area contributed by atoms with E-state index in [1.54, 1.807) is 6.08 Å². The molecule has 2 aromatic rings. The Morgan fingerprint density at radius 3 is 2.31 bits per heavy atom. The van der Waals surface area contributed by atoms with Crippen molar-refractivity contribution in [1.29, 1.82) is 0 Å². The fourth-order valence-corrected chi connectivity index (χ4v) is 2.73. The molecule has 0 saturated carbocycles. The van der Waals surface area contributed by atoms with Crippen LogP contribution in [0.5, 0.6) is 0 Å². The van der Waals surface area contributed by atoms with Gasteiger partial charge in [-0.25, -0.2) is 8.78 Å². The highest BCUT2D eigenvalue weighted by atomic mass is 32.1. The van der Waals surface area contributed by atoms with Gasteiger partial charge in [-0.15, -0.1) is 0 Å². The molecule has 0 saturated heterocycles. The summed E-state index contributed by atoms with van der Waals surface area (Å²) in [5, 5.41) is 4.12. The van der Waals surface area contributed by atoms with E-state index in [4.69, 9.17) is 0 Å². The van der Waals surface area contributed by atoms with Crippen LogP contribution >= 0.6 is 12.2 Å². The SMILES string of the molecule is C=c1ccc(=C2C=CC(/C=C\c3cc(F)c(N=C=S)c(F)c3)=CC2)cc1. The molecule has 0 atom stereocenters. The Balaban J connectivity index is 1.80. The summed E-state index contributed by atoms with van der Waals surface area (Å²) < 4.78 is 27.7. The molecule has 0 spiro atoms. The second-order valence-electron chi connectivity index (χ2n) is 5.83. The molecule has 2 aromatic carbocycles. The number of thiocarbonyl (C=S) groups is 1.